The highest BCUT2D eigenvalue weighted by Gasteiger charge is 2.45. The molecule has 2 aliphatic heterocycles. The number of esters is 1. The molecule has 12 heteroatoms. The van der Waals surface area contributed by atoms with E-state index in [-0.39, 0.29) is 49.9 Å². The number of hydrogen-bond donors (Lipinski definition) is 2. The first-order valence-corrected chi connectivity index (χ1v) is 12.5. The van der Waals surface area contributed by atoms with Crippen LogP contribution in [0.1, 0.15) is 71.9 Å². The SMILES string of the molecule is CCC1OC(c2cn(CCCN3C(=O)c4ccccc4C3=O)c(=O)[nH]c2=O)C(OC(=O)CCC(=O)O)C1C. The van der Waals surface area contributed by atoms with Gasteiger partial charge in [0.05, 0.1) is 35.6 Å². The Labute approximate surface area is 217 Å². The largest absolute Gasteiger partial charge is 0.481 e. The summed E-state index contributed by atoms with van der Waals surface area (Å²) in [5.41, 5.74) is -0.601. The number of carbonyl (C=O) groups excluding carboxylic acids is 3. The molecule has 4 unspecified atom stereocenters. The van der Waals surface area contributed by atoms with Crippen molar-refractivity contribution in [2.75, 3.05) is 6.54 Å². The summed E-state index contributed by atoms with van der Waals surface area (Å²) in [4.78, 5) is 76.9. The third-order valence-corrected chi connectivity index (χ3v) is 6.94. The van der Waals surface area contributed by atoms with Crippen molar-refractivity contribution in [3.05, 3.63) is 68.0 Å². The molecule has 1 fully saturated rings. The molecular formula is C26H29N3O9. The molecule has 202 valence electrons. The van der Waals surface area contributed by atoms with Crippen molar-refractivity contribution in [1.29, 1.82) is 0 Å². The van der Waals surface area contributed by atoms with E-state index in [0.29, 0.717) is 17.5 Å². The number of aromatic amines is 1. The predicted molar refractivity (Wildman–Crippen MR) is 132 cm³/mol. The van der Waals surface area contributed by atoms with Crippen molar-refractivity contribution in [3.8, 4) is 0 Å². The van der Waals surface area contributed by atoms with Gasteiger partial charge in [-0.25, -0.2) is 4.79 Å². The zero-order chi connectivity index (χ0) is 27.6. The smallest absolute Gasteiger partial charge is 0.328 e. The average molecular weight is 528 g/mol. The Bertz CT molecular complexity index is 1340. The quantitative estimate of drug-likeness (QED) is 0.344. The minimum atomic E-state index is -1.13. The van der Waals surface area contributed by atoms with Crippen LogP contribution in [-0.4, -0.2) is 62.1 Å². The summed E-state index contributed by atoms with van der Waals surface area (Å²) in [5.74, 6) is -2.93. The number of aryl methyl sites for hydroxylation is 1. The van der Waals surface area contributed by atoms with Crippen LogP contribution < -0.4 is 11.2 Å². The van der Waals surface area contributed by atoms with Gasteiger partial charge in [-0.05, 0) is 25.0 Å². The molecule has 1 aromatic carbocycles. The number of amides is 2. The number of nitrogens with zero attached hydrogens (tertiary/aromatic N) is 2. The fraction of sp³-hybridized carbons (Fsp3) is 0.462. The maximum Gasteiger partial charge on any atom is 0.328 e. The first-order valence-electron chi connectivity index (χ1n) is 12.5. The lowest BCUT2D eigenvalue weighted by Gasteiger charge is -2.22. The van der Waals surface area contributed by atoms with E-state index in [4.69, 9.17) is 14.6 Å². The molecule has 2 amide bonds. The lowest BCUT2D eigenvalue weighted by Crippen LogP contribution is -2.37. The van der Waals surface area contributed by atoms with E-state index in [1.54, 1.807) is 24.3 Å². The molecule has 2 N–H and O–H groups in total. The second-order valence-electron chi connectivity index (χ2n) is 9.41. The number of carbonyl (C=O) groups is 4. The van der Waals surface area contributed by atoms with E-state index in [1.165, 1.54) is 10.8 Å². The van der Waals surface area contributed by atoms with E-state index in [1.807, 2.05) is 13.8 Å². The molecule has 0 radical (unpaired) electrons. The average Bonchev–Trinajstić information content (AvgIpc) is 3.32. The molecule has 38 heavy (non-hydrogen) atoms. The van der Waals surface area contributed by atoms with Crippen molar-refractivity contribution in [3.63, 3.8) is 0 Å². The van der Waals surface area contributed by atoms with Gasteiger partial charge in [0.1, 0.15) is 12.2 Å². The number of hydrogen-bond acceptors (Lipinski definition) is 8. The Kier molecular flexibility index (Phi) is 7.91. The number of carboxylic acids is 1. The zero-order valence-electron chi connectivity index (χ0n) is 21.0. The number of rotatable bonds is 10. The highest BCUT2D eigenvalue weighted by atomic mass is 16.6. The van der Waals surface area contributed by atoms with Crippen LogP contribution in [0, 0.1) is 5.92 Å². The Morgan fingerprint density at radius 3 is 2.32 bits per heavy atom. The lowest BCUT2D eigenvalue weighted by molar-refractivity contribution is -0.155. The minimum Gasteiger partial charge on any atom is -0.481 e. The molecule has 12 nitrogen and oxygen atoms in total. The molecule has 1 saturated heterocycles. The second kappa shape index (κ2) is 11.1. The Balaban J connectivity index is 1.50. The Morgan fingerprint density at radius 1 is 1.05 bits per heavy atom. The predicted octanol–water partition coefficient (Wildman–Crippen LogP) is 1.49. The van der Waals surface area contributed by atoms with Gasteiger partial charge in [0.15, 0.2) is 0 Å². The van der Waals surface area contributed by atoms with Crippen LogP contribution in [0.3, 0.4) is 0 Å². The van der Waals surface area contributed by atoms with E-state index < -0.39 is 47.2 Å². The number of aromatic nitrogens is 2. The monoisotopic (exact) mass is 527 g/mol. The summed E-state index contributed by atoms with van der Waals surface area (Å²) < 4.78 is 12.9. The fourth-order valence-corrected chi connectivity index (χ4v) is 4.92. The number of fused-ring (bicyclic) bond motifs is 1. The van der Waals surface area contributed by atoms with E-state index in [0.717, 1.165) is 4.90 Å². The number of carboxylic acid groups (broad SMARTS) is 1. The van der Waals surface area contributed by atoms with Crippen LogP contribution in [0.5, 0.6) is 0 Å². The molecule has 0 spiro atoms. The number of H-pyrrole nitrogens is 1. The van der Waals surface area contributed by atoms with Gasteiger partial charge in [-0.3, -0.25) is 33.9 Å². The summed E-state index contributed by atoms with van der Waals surface area (Å²) in [7, 11) is 0. The van der Waals surface area contributed by atoms with Gasteiger partial charge in [-0.1, -0.05) is 26.0 Å². The van der Waals surface area contributed by atoms with Gasteiger partial charge in [0.25, 0.3) is 17.4 Å². The first kappa shape index (κ1) is 27.0. The van der Waals surface area contributed by atoms with Crippen molar-refractivity contribution in [1.82, 2.24) is 14.5 Å². The molecule has 0 saturated carbocycles. The Morgan fingerprint density at radius 2 is 1.71 bits per heavy atom. The number of benzene rings is 1. The first-order chi connectivity index (χ1) is 18.1. The maximum atomic E-state index is 12.8. The third kappa shape index (κ3) is 5.30. The van der Waals surface area contributed by atoms with Gasteiger partial charge in [0, 0.05) is 25.2 Å². The summed E-state index contributed by atoms with van der Waals surface area (Å²) in [6.07, 6.45) is -0.676. The van der Waals surface area contributed by atoms with Crippen molar-refractivity contribution < 1.29 is 33.8 Å². The zero-order valence-corrected chi connectivity index (χ0v) is 21.0. The van der Waals surface area contributed by atoms with Gasteiger partial charge >= 0.3 is 17.6 Å². The van der Waals surface area contributed by atoms with Gasteiger partial charge < -0.3 is 19.1 Å². The molecule has 2 aliphatic rings. The van der Waals surface area contributed by atoms with Gasteiger partial charge in [-0.2, -0.15) is 0 Å². The van der Waals surface area contributed by atoms with Crippen molar-refractivity contribution >= 4 is 23.8 Å². The molecule has 1 aromatic heterocycles. The van der Waals surface area contributed by atoms with Crippen LogP contribution in [0.25, 0.3) is 0 Å². The van der Waals surface area contributed by atoms with E-state index in [9.17, 15) is 28.8 Å². The topological polar surface area (TPSA) is 165 Å². The standard InChI is InChI=1S/C26H29N3O9/c1-3-18-14(2)21(38-20(32)10-9-19(30)31)22(37-18)17-13-28(26(36)27-23(17)33)11-6-12-29-24(34)15-7-4-5-8-16(15)25(29)35/h4-5,7-8,13-14,18,21-22H,3,6,9-12H2,1-2H3,(H,30,31)(H,27,33,36). The number of imide groups is 1. The molecule has 4 atom stereocenters. The summed E-state index contributed by atoms with van der Waals surface area (Å²) in [5, 5.41) is 8.84. The molecule has 2 aromatic rings. The van der Waals surface area contributed by atoms with Crippen LogP contribution >= 0.6 is 0 Å². The summed E-state index contributed by atoms with van der Waals surface area (Å²) in [6.45, 7) is 3.87. The van der Waals surface area contributed by atoms with E-state index >= 15 is 0 Å². The van der Waals surface area contributed by atoms with Crippen molar-refractivity contribution in [2.45, 2.75) is 64.4 Å². The lowest BCUT2D eigenvalue weighted by atomic mass is 9.94. The van der Waals surface area contributed by atoms with Crippen molar-refractivity contribution in [2.24, 2.45) is 5.92 Å². The third-order valence-electron chi connectivity index (χ3n) is 6.94. The van der Waals surface area contributed by atoms with E-state index in [2.05, 4.69) is 4.98 Å². The molecule has 0 aliphatic carbocycles. The number of aliphatic carboxylic acids is 1. The highest BCUT2D eigenvalue weighted by Crippen LogP contribution is 2.39. The van der Waals surface area contributed by atoms with Crippen LogP contribution in [0.15, 0.2) is 40.1 Å². The van der Waals surface area contributed by atoms with Crippen LogP contribution in [0.4, 0.5) is 0 Å². The molecular weight excluding hydrogens is 498 g/mol. The number of ether oxygens (including phenoxy) is 2. The van der Waals surface area contributed by atoms with Crippen LogP contribution in [0.2, 0.25) is 0 Å². The van der Waals surface area contributed by atoms with Crippen LogP contribution in [-0.2, 0) is 25.6 Å². The molecule has 3 heterocycles. The summed E-state index contributed by atoms with van der Waals surface area (Å²) in [6, 6.07) is 6.54. The Hall–Kier alpha value is -4.06. The maximum absolute atomic E-state index is 12.8. The second-order valence-corrected chi connectivity index (χ2v) is 9.41. The van der Waals surface area contributed by atoms with Gasteiger partial charge in [0.2, 0.25) is 0 Å². The fourth-order valence-electron chi connectivity index (χ4n) is 4.92. The minimum absolute atomic E-state index is 0.0753. The normalized spacial score (nSPS) is 22.5. The molecule has 4 rings (SSSR count). The molecule has 0 bridgehead atoms. The van der Waals surface area contributed by atoms with Gasteiger partial charge in [-0.15, -0.1) is 0 Å². The highest BCUT2D eigenvalue weighted by molar-refractivity contribution is 6.21. The number of nitrogens with one attached hydrogen (secondary N) is 1. The summed E-state index contributed by atoms with van der Waals surface area (Å²) >= 11 is 0.